The van der Waals surface area contributed by atoms with Crippen LogP contribution in [-0.4, -0.2) is 22.2 Å². The molecule has 0 N–H and O–H groups in total. The van der Waals surface area contributed by atoms with E-state index in [0.717, 1.165) is 44.1 Å². The summed E-state index contributed by atoms with van der Waals surface area (Å²) in [5.41, 5.74) is 6.13. The van der Waals surface area contributed by atoms with E-state index in [9.17, 15) is 16.4 Å². The number of imidazole rings is 1. The molecule has 7 heteroatoms. The first-order chi connectivity index (χ1) is 45.4. The van der Waals surface area contributed by atoms with Crippen molar-refractivity contribution in [2.24, 2.45) is 0 Å². The maximum absolute atomic E-state index is 10.1. The number of hydrogen-bond donors (Lipinski definition) is 0. The van der Waals surface area contributed by atoms with Gasteiger partial charge in [0.05, 0.1) is 37.3 Å². The number of benzene rings is 9. The fourth-order valence-electron chi connectivity index (χ4n) is 11.0. The van der Waals surface area contributed by atoms with Crippen LogP contribution in [0.2, 0.25) is 0 Å². The Morgan fingerprint density at radius 3 is 1.70 bits per heavy atom. The third kappa shape index (κ3) is 10.5. The van der Waals surface area contributed by atoms with Crippen LogP contribution in [0.3, 0.4) is 0 Å². The summed E-state index contributed by atoms with van der Waals surface area (Å²) >= 11 is 0. The largest absolute Gasteiger partial charge is 0.510 e. The molecule has 0 bridgehead atoms. The molecule has 0 spiro atoms. The fourth-order valence-corrected chi connectivity index (χ4v) is 15.0. The van der Waals surface area contributed by atoms with Crippen molar-refractivity contribution in [3.8, 4) is 39.8 Å². The van der Waals surface area contributed by atoms with Gasteiger partial charge in [0, 0.05) is 44.3 Å². The summed E-state index contributed by atoms with van der Waals surface area (Å²) in [6.07, 6.45) is 5.50. The topological polar surface area (TPSA) is 35.9 Å². The Hall–Kier alpha value is -7.89. The minimum atomic E-state index is -5.82. The predicted octanol–water partition coefficient (Wildman–Crippen LogP) is 15.8. The first kappa shape index (κ1) is 41.2. The Morgan fingerprint density at radius 2 is 1.10 bits per heavy atom. The molecule has 0 amide bonds. The molecule has 0 unspecified atom stereocenters. The number of nitrogens with zero attached hydrogens (tertiary/aromatic N) is 4. The molecule has 5 nitrogen and oxygen atoms in total. The van der Waals surface area contributed by atoms with Gasteiger partial charge in [-0.05, 0) is 111 Å². The van der Waals surface area contributed by atoms with E-state index in [2.05, 4.69) is 107 Å². The number of aromatic nitrogens is 4. The van der Waals surface area contributed by atoms with Gasteiger partial charge in [0.2, 0.25) is 0 Å². The summed E-state index contributed by atoms with van der Waals surface area (Å²) in [6, 6.07) is 33.6. The van der Waals surface area contributed by atoms with Crippen molar-refractivity contribution in [2.45, 2.75) is 105 Å². The van der Waals surface area contributed by atoms with Gasteiger partial charge in [0.1, 0.15) is 5.82 Å². The molecule has 0 aliphatic carbocycles. The molecule has 12 aromatic rings. The van der Waals surface area contributed by atoms with E-state index in [1.807, 2.05) is 114 Å². The Bertz CT molecular complexity index is 5020. The monoisotopic (exact) mass is 1290 g/mol. The zero-order valence-electron chi connectivity index (χ0n) is 63.6. The second-order valence-corrected chi connectivity index (χ2v) is 28.6. The number of hydrogen-bond acceptors (Lipinski definition) is 2. The van der Waals surface area contributed by atoms with Gasteiger partial charge in [0.15, 0.2) is 8.07 Å². The van der Waals surface area contributed by atoms with Crippen molar-refractivity contribution in [1.29, 1.82) is 0 Å². The number of pyridine rings is 1. The van der Waals surface area contributed by atoms with E-state index in [1.165, 1.54) is 0 Å². The number of para-hydroxylation sites is 1. The molecule has 12 rings (SSSR count). The quantitative estimate of drug-likeness (QED) is 0.0592. The zero-order valence-corrected chi connectivity index (χ0v) is 51.9. The van der Waals surface area contributed by atoms with Gasteiger partial charge < -0.3 is 13.9 Å². The van der Waals surface area contributed by atoms with Crippen LogP contribution >= 0.6 is 0 Å². The van der Waals surface area contributed by atoms with Crippen LogP contribution < -0.4 is 30.1 Å². The molecule has 0 saturated carbocycles. The van der Waals surface area contributed by atoms with E-state index in [0.29, 0.717) is 45.2 Å². The third-order valence-corrected chi connectivity index (χ3v) is 19.6. The molecule has 0 aliphatic heterocycles. The molecular weight excluding hydrogens is 1210 g/mol. The van der Waals surface area contributed by atoms with Gasteiger partial charge in [0.25, 0.3) is 6.33 Å². The van der Waals surface area contributed by atoms with E-state index in [4.69, 9.17) is 13.8 Å². The average molecular weight is 1300 g/mol. The van der Waals surface area contributed by atoms with Gasteiger partial charge in [-0.15, -0.1) is 29.7 Å². The van der Waals surface area contributed by atoms with Gasteiger partial charge in [-0.3, -0.25) is 4.57 Å². The van der Waals surface area contributed by atoms with Crippen molar-refractivity contribution < 1.29 is 50.9 Å². The number of ether oxygens (including phenoxy) is 1. The smallest absolute Gasteiger partial charge is 0.268 e. The SMILES string of the molecule is [2H]c1c([2H])c([2H])c([Si](c2cc(C(C)(C)C)cc(C(C)(C)C)c2-[n+]2[c-]n(-c3[c-]c(Oc4[c-]c5c(cc4)c4ccccc4n5-c4cc(C(C)(C)C)ccn4)ccc3)c3cc(-c4ccc(C(C)(C)C)cc4)ccc32)(c2c([2H])c([2H])c([2H])c([2H])c2[2H])c2c([2H])c([2H])c([2H])c([2H])c2[2H])c([2H])c1[2H].[Pt]. The average Bonchev–Trinajstić information content (AvgIpc) is 0.722. The van der Waals surface area contributed by atoms with E-state index >= 15 is 0 Å². The van der Waals surface area contributed by atoms with Crippen LogP contribution in [-0.2, 0) is 42.7 Å². The molecule has 9 aromatic carbocycles. The second-order valence-electron chi connectivity index (χ2n) is 25.1. The molecule has 0 fully saturated rings. The Kier molecular flexibility index (Phi) is 10.8. The van der Waals surface area contributed by atoms with Gasteiger partial charge in [-0.25, -0.2) is 4.98 Å². The first-order valence-electron chi connectivity index (χ1n) is 35.0. The van der Waals surface area contributed by atoms with Crippen molar-refractivity contribution >= 4 is 61.7 Å². The summed E-state index contributed by atoms with van der Waals surface area (Å²) in [6.45, 7) is 24.6. The van der Waals surface area contributed by atoms with Crippen molar-refractivity contribution in [2.75, 3.05) is 0 Å². The van der Waals surface area contributed by atoms with Crippen LogP contribution in [0, 0.1) is 18.5 Å². The third-order valence-electron chi connectivity index (χ3n) is 15.4. The molecule has 83 heavy (non-hydrogen) atoms. The van der Waals surface area contributed by atoms with Gasteiger partial charge >= 0.3 is 0 Å². The van der Waals surface area contributed by atoms with E-state index < -0.39 is 125 Å². The summed E-state index contributed by atoms with van der Waals surface area (Å²) < 4.78 is 156. The van der Waals surface area contributed by atoms with E-state index in [1.54, 1.807) is 21.3 Å². The molecule has 3 aromatic heterocycles. The van der Waals surface area contributed by atoms with Crippen molar-refractivity contribution in [3.05, 3.63) is 259 Å². The number of fused-ring (bicyclic) bond motifs is 4. The summed E-state index contributed by atoms with van der Waals surface area (Å²) in [7, 11) is -5.82. The minimum Gasteiger partial charge on any atom is -0.510 e. The van der Waals surface area contributed by atoms with Crippen LogP contribution in [0.5, 0.6) is 11.5 Å². The molecule has 3 heterocycles. The normalized spacial score (nSPS) is 15.0. The maximum Gasteiger partial charge on any atom is 0.268 e. The molecular formula is C76H72N4OPtSi-2. The van der Waals surface area contributed by atoms with E-state index in [-0.39, 0.29) is 42.8 Å². The molecule has 0 aliphatic rings. The maximum atomic E-state index is 10.1. The Morgan fingerprint density at radius 1 is 0.506 bits per heavy atom. The minimum absolute atomic E-state index is 0. The van der Waals surface area contributed by atoms with Crippen LogP contribution in [0.1, 0.15) is 126 Å². The Labute approximate surface area is 527 Å². The standard InChI is InChI=1S/C76H72N4OSi.Pt/c1-73(2,3)54-38-35-52(36-39-54)53-37-42-67-69(45-53)78(57-25-24-26-58(49-57)81-59-40-41-64-63-33-22-23-34-66(63)80(68(64)50-59)71-48-55(43-44-77-71)74(4,5)6)51-79(67)72-65(76(10,11)12)46-56(75(7,8)9)47-70(72)82(60-27-16-13-17-28-60,61-29-18-14-19-30-61)62-31-20-15-21-32-62;/h13-48H,1-12H3;/q-2;/i13D,14D,15D,16D,17D,18D,19D,20D,21D,27D,28D,29D,30D,31D,32D;. The van der Waals surface area contributed by atoms with Gasteiger partial charge in [-0.1, -0.05) is 246 Å². The summed E-state index contributed by atoms with van der Waals surface area (Å²) in [4.78, 5) is 4.87. The molecule has 0 saturated heterocycles. The molecule has 418 valence electrons. The van der Waals surface area contributed by atoms with Crippen LogP contribution in [0.15, 0.2) is 218 Å². The van der Waals surface area contributed by atoms with Crippen molar-refractivity contribution in [3.63, 3.8) is 0 Å². The zero-order chi connectivity index (χ0) is 70.4. The summed E-state index contributed by atoms with van der Waals surface area (Å²) in [5.74, 6) is 1.39. The van der Waals surface area contributed by atoms with Crippen molar-refractivity contribution in [1.82, 2.24) is 14.1 Å². The predicted molar refractivity (Wildman–Crippen MR) is 344 cm³/mol. The molecule has 0 atom stereocenters. The van der Waals surface area contributed by atoms with Crippen LogP contribution in [0.25, 0.3) is 61.2 Å². The Balaban J connectivity index is 0.00000972. The number of rotatable bonds is 10. The summed E-state index contributed by atoms with van der Waals surface area (Å²) in [5, 5.41) is 0.119. The van der Waals surface area contributed by atoms with Crippen LogP contribution in [0.4, 0.5) is 0 Å². The second kappa shape index (κ2) is 21.7. The molecule has 0 radical (unpaired) electrons. The van der Waals surface area contributed by atoms with Gasteiger partial charge in [-0.2, -0.15) is 18.2 Å². The fraction of sp³-hybridized carbons (Fsp3) is 0.211. The first-order valence-corrected chi connectivity index (χ1v) is 29.5.